The summed E-state index contributed by atoms with van der Waals surface area (Å²) in [4.78, 5) is 8.50. The first-order chi connectivity index (χ1) is 30.8. The van der Waals surface area contributed by atoms with Gasteiger partial charge < -0.3 is 10.6 Å². The standard InChI is InChI=1S/2C22H14.C14H18N4/c2*1-3-7-17-15(5-1)9-11-21-19(17)13-14-20-18-8-4-2-6-16(18)10-12-22(20)21;1-3-7-17-13(5-1)11-15-9-10-16-12-14-6-2-4-8-18-14/h2*1-14H;1-8,15-16H,9-12H2. The van der Waals surface area contributed by atoms with Crippen molar-refractivity contribution in [1.29, 1.82) is 0 Å². The fourth-order valence-electron chi connectivity index (χ4n) is 8.79. The molecule has 0 amide bonds. The van der Waals surface area contributed by atoms with Gasteiger partial charge in [-0.25, -0.2) is 0 Å². The van der Waals surface area contributed by atoms with E-state index < -0.39 is 0 Å². The number of rotatable bonds is 7. The summed E-state index contributed by atoms with van der Waals surface area (Å²) in [5.41, 5.74) is 2.14. The smallest absolute Gasteiger partial charge is 0.0541 e. The van der Waals surface area contributed by atoms with Crippen molar-refractivity contribution in [1.82, 2.24) is 20.6 Å². The lowest BCUT2D eigenvalue weighted by Crippen LogP contribution is -2.27. The molecule has 0 spiro atoms. The lowest BCUT2D eigenvalue weighted by atomic mass is 9.94. The Morgan fingerprint density at radius 3 is 0.790 bits per heavy atom. The molecule has 2 N–H and O–H groups in total. The molecule has 12 aromatic rings. The lowest BCUT2D eigenvalue weighted by molar-refractivity contribution is 0.601. The molecule has 0 aliphatic carbocycles. The van der Waals surface area contributed by atoms with Crippen LogP contribution in [0.2, 0.25) is 0 Å². The van der Waals surface area contributed by atoms with Crippen LogP contribution in [0.25, 0.3) is 86.2 Å². The van der Waals surface area contributed by atoms with E-state index in [0.29, 0.717) is 0 Å². The highest BCUT2D eigenvalue weighted by molar-refractivity contribution is 6.23. The van der Waals surface area contributed by atoms with E-state index in [-0.39, 0.29) is 0 Å². The molecular weight excluding hydrogens is 753 g/mol. The fraction of sp³-hybridized carbons (Fsp3) is 0.0690. The Balaban J connectivity index is 0.000000112. The van der Waals surface area contributed by atoms with Gasteiger partial charge in [0.2, 0.25) is 0 Å². The summed E-state index contributed by atoms with van der Waals surface area (Å²) in [6, 6.07) is 73.4. The van der Waals surface area contributed by atoms with Gasteiger partial charge in [0.15, 0.2) is 0 Å². The lowest BCUT2D eigenvalue weighted by Gasteiger charge is -2.09. The third-order valence-corrected chi connectivity index (χ3v) is 11.8. The number of nitrogens with zero attached hydrogens (tertiary/aromatic N) is 2. The summed E-state index contributed by atoms with van der Waals surface area (Å²) in [5.74, 6) is 0. The van der Waals surface area contributed by atoms with Crippen molar-refractivity contribution >= 4 is 86.2 Å². The molecule has 0 bridgehead atoms. The predicted octanol–water partition coefficient (Wildman–Crippen LogP) is 14.0. The molecule has 0 saturated heterocycles. The third kappa shape index (κ3) is 8.05. The van der Waals surface area contributed by atoms with Gasteiger partial charge in [-0.1, -0.05) is 182 Å². The summed E-state index contributed by atoms with van der Waals surface area (Å²) in [6.45, 7) is 3.46. The third-order valence-electron chi connectivity index (χ3n) is 11.8. The van der Waals surface area contributed by atoms with Gasteiger partial charge in [-0.15, -0.1) is 0 Å². The zero-order valence-corrected chi connectivity index (χ0v) is 34.5. The normalized spacial score (nSPS) is 11.3. The van der Waals surface area contributed by atoms with Crippen LogP contribution in [-0.2, 0) is 13.1 Å². The van der Waals surface area contributed by atoms with Crippen molar-refractivity contribution in [3.8, 4) is 0 Å². The number of nitrogens with one attached hydrogen (secondary N) is 2. The largest absolute Gasteiger partial charge is 0.310 e. The second kappa shape index (κ2) is 18.0. The van der Waals surface area contributed by atoms with Crippen LogP contribution in [0, 0.1) is 0 Å². The van der Waals surface area contributed by atoms with Gasteiger partial charge in [-0.2, -0.15) is 0 Å². The molecule has 0 unspecified atom stereocenters. The van der Waals surface area contributed by atoms with Crippen LogP contribution in [0.15, 0.2) is 219 Å². The molecule has 0 fully saturated rings. The highest BCUT2D eigenvalue weighted by atomic mass is 15.0. The molecule has 4 heteroatoms. The topological polar surface area (TPSA) is 49.8 Å². The molecule has 4 nitrogen and oxygen atoms in total. The maximum absolute atomic E-state index is 4.25. The number of aromatic nitrogens is 2. The molecule has 12 rings (SSSR count). The Morgan fingerprint density at radius 1 is 0.242 bits per heavy atom. The molecule has 298 valence electrons. The summed E-state index contributed by atoms with van der Waals surface area (Å²) in [6.07, 6.45) is 3.63. The summed E-state index contributed by atoms with van der Waals surface area (Å²) in [7, 11) is 0. The zero-order chi connectivity index (χ0) is 41.5. The molecule has 0 radical (unpaired) electrons. The van der Waals surface area contributed by atoms with E-state index in [1.54, 1.807) is 0 Å². The van der Waals surface area contributed by atoms with Gasteiger partial charge in [0, 0.05) is 38.6 Å². The molecule has 62 heavy (non-hydrogen) atoms. The van der Waals surface area contributed by atoms with Crippen molar-refractivity contribution in [3.05, 3.63) is 230 Å². The monoisotopic (exact) mass is 798 g/mol. The van der Waals surface area contributed by atoms with Crippen LogP contribution in [0.5, 0.6) is 0 Å². The number of pyridine rings is 2. The van der Waals surface area contributed by atoms with Crippen molar-refractivity contribution in [2.45, 2.75) is 13.1 Å². The van der Waals surface area contributed by atoms with Gasteiger partial charge in [0.25, 0.3) is 0 Å². The van der Waals surface area contributed by atoms with Crippen molar-refractivity contribution in [2.24, 2.45) is 0 Å². The minimum atomic E-state index is 0.812. The van der Waals surface area contributed by atoms with Gasteiger partial charge in [0.1, 0.15) is 0 Å². The van der Waals surface area contributed by atoms with Crippen LogP contribution < -0.4 is 10.6 Å². The Kier molecular flexibility index (Phi) is 11.2. The highest BCUT2D eigenvalue weighted by Crippen LogP contribution is 2.36. The maximum atomic E-state index is 4.25. The maximum Gasteiger partial charge on any atom is 0.0541 e. The summed E-state index contributed by atoms with van der Waals surface area (Å²) in [5, 5.41) is 27.9. The van der Waals surface area contributed by atoms with Crippen LogP contribution in [0.4, 0.5) is 0 Å². The molecular formula is C58H46N4. The minimum absolute atomic E-state index is 0.812. The number of hydrogen-bond donors (Lipinski definition) is 2. The van der Waals surface area contributed by atoms with Crippen LogP contribution in [0.1, 0.15) is 11.4 Å². The van der Waals surface area contributed by atoms with Gasteiger partial charge >= 0.3 is 0 Å². The van der Waals surface area contributed by atoms with Crippen molar-refractivity contribution in [3.63, 3.8) is 0 Å². The van der Waals surface area contributed by atoms with Crippen LogP contribution >= 0.6 is 0 Å². The van der Waals surface area contributed by atoms with Gasteiger partial charge in [0.05, 0.1) is 11.4 Å². The average Bonchev–Trinajstić information content (AvgIpc) is 3.35. The van der Waals surface area contributed by atoms with Gasteiger partial charge in [-0.3, -0.25) is 9.97 Å². The Hall–Kier alpha value is -7.50. The summed E-state index contributed by atoms with van der Waals surface area (Å²) >= 11 is 0. The molecule has 2 aromatic heterocycles. The van der Waals surface area contributed by atoms with E-state index in [1.165, 1.54) is 86.2 Å². The van der Waals surface area contributed by atoms with E-state index in [4.69, 9.17) is 0 Å². The zero-order valence-electron chi connectivity index (χ0n) is 34.5. The first-order valence-electron chi connectivity index (χ1n) is 21.4. The number of hydrogen-bond acceptors (Lipinski definition) is 4. The Bertz CT molecular complexity index is 3050. The molecule has 0 atom stereocenters. The summed E-state index contributed by atoms with van der Waals surface area (Å²) < 4.78 is 0. The van der Waals surface area contributed by atoms with Crippen molar-refractivity contribution < 1.29 is 0 Å². The predicted molar refractivity (Wildman–Crippen MR) is 265 cm³/mol. The second-order valence-electron chi connectivity index (χ2n) is 15.7. The second-order valence-corrected chi connectivity index (χ2v) is 15.7. The highest BCUT2D eigenvalue weighted by Gasteiger charge is 2.08. The number of benzene rings is 10. The van der Waals surface area contributed by atoms with E-state index in [1.807, 2.05) is 48.8 Å². The fourth-order valence-corrected chi connectivity index (χ4v) is 8.79. The molecule has 10 aromatic carbocycles. The van der Waals surface area contributed by atoms with Gasteiger partial charge in [-0.05, 0) is 110 Å². The van der Waals surface area contributed by atoms with Crippen LogP contribution in [0.3, 0.4) is 0 Å². The molecule has 0 aliphatic rings. The first kappa shape index (κ1) is 38.7. The van der Waals surface area contributed by atoms with Crippen LogP contribution in [-0.4, -0.2) is 23.1 Å². The SMILES string of the molecule is c1ccc(CNCCNCc2ccccn2)nc1.c1ccc2c(c1)ccc1c2ccc2c3ccccc3ccc21.c1ccc2c(c1)ccc1c2ccc2c3ccccc3ccc21. The molecule has 0 aliphatic heterocycles. The number of fused-ring (bicyclic) bond motifs is 14. The molecule has 0 saturated carbocycles. The van der Waals surface area contributed by atoms with E-state index in [0.717, 1.165) is 37.6 Å². The van der Waals surface area contributed by atoms with E-state index in [2.05, 4.69) is 190 Å². The van der Waals surface area contributed by atoms with Crippen molar-refractivity contribution in [2.75, 3.05) is 13.1 Å². The Morgan fingerprint density at radius 2 is 0.500 bits per heavy atom. The Labute approximate surface area is 361 Å². The quantitative estimate of drug-likeness (QED) is 0.125. The average molecular weight is 799 g/mol. The molecule has 2 heterocycles. The van der Waals surface area contributed by atoms with E-state index in [9.17, 15) is 0 Å². The first-order valence-corrected chi connectivity index (χ1v) is 21.4. The minimum Gasteiger partial charge on any atom is -0.310 e. The van der Waals surface area contributed by atoms with E-state index >= 15 is 0 Å².